The smallest absolute Gasteiger partial charge is 0.322 e. The van der Waals surface area contributed by atoms with Gasteiger partial charge in [-0.15, -0.1) is 0 Å². The summed E-state index contributed by atoms with van der Waals surface area (Å²) in [4.78, 5) is 14.1. The first-order valence-corrected chi connectivity index (χ1v) is 7.05. The van der Waals surface area contributed by atoms with Crippen LogP contribution in [-0.4, -0.2) is 41.8 Å². The molecule has 2 N–H and O–H groups in total. The van der Waals surface area contributed by atoms with Crippen molar-refractivity contribution in [2.75, 3.05) is 25.1 Å². The van der Waals surface area contributed by atoms with Crippen molar-refractivity contribution in [3.8, 4) is 0 Å². The van der Waals surface area contributed by atoms with Gasteiger partial charge in [0.15, 0.2) is 0 Å². The number of ether oxygens (including phenoxy) is 1. The standard InChI is InChI=1S/C15H22N2O3/c1-3-14-10-20-8-7-17(14)15(19)16-13-6-4-5-12(9-13)11(2)18/h4-6,9,11,14,18H,3,7-8,10H2,1-2H3,(H,16,19). The van der Waals surface area contributed by atoms with Crippen molar-refractivity contribution < 1.29 is 14.6 Å². The Morgan fingerprint density at radius 1 is 1.60 bits per heavy atom. The quantitative estimate of drug-likeness (QED) is 0.892. The normalized spacial score (nSPS) is 20.6. The molecule has 1 saturated heterocycles. The molecular weight excluding hydrogens is 256 g/mol. The molecule has 5 nitrogen and oxygen atoms in total. The topological polar surface area (TPSA) is 61.8 Å². The number of carbonyl (C=O) groups excluding carboxylic acids is 1. The molecular formula is C15H22N2O3. The molecule has 1 aromatic rings. The molecule has 1 aromatic carbocycles. The molecule has 1 fully saturated rings. The SMILES string of the molecule is CCC1COCCN1C(=O)Nc1cccc(C(C)O)c1. The van der Waals surface area contributed by atoms with E-state index in [2.05, 4.69) is 5.32 Å². The fourth-order valence-electron chi connectivity index (χ4n) is 2.33. The summed E-state index contributed by atoms with van der Waals surface area (Å²) in [5.41, 5.74) is 1.49. The van der Waals surface area contributed by atoms with E-state index in [1.807, 2.05) is 30.0 Å². The van der Waals surface area contributed by atoms with Gasteiger partial charge in [0.2, 0.25) is 0 Å². The number of hydrogen-bond acceptors (Lipinski definition) is 3. The number of hydrogen-bond donors (Lipinski definition) is 2. The first-order valence-electron chi connectivity index (χ1n) is 7.05. The Kier molecular flexibility index (Phi) is 4.98. The summed E-state index contributed by atoms with van der Waals surface area (Å²) in [6.45, 7) is 5.54. The largest absolute Gasteiger partial charge is 0.389 e. The zero-order valence-electron chi connectivity index (χ0n) is 12.0. The lowest BCUT2D eigenvalue weighted by Crippen LogP contribution is -2.50. The van der Waals surface area contributed by atoms with Gasteiger partial charge in [0.25, 0.3) is 0 Å². The van der Waals surface area contributed by atoms with Crippen LogP contribution in [0.25, 0.3) is 0 Å². The highest BCUT2D eigenvalue weighted by Crippen LogP contribution is 2.18. The van der Waals surface area contributed by atoms with E-state index in [-0.39, 0.29) is 12.1 Å². The summed E-state index contributed by atoms with van der Waals surface area (Å²) >= 11 is 0. The van der Waals surface area contributed by atoms with Crippen LogP contribution < -0.4 is 5.32 Å². The van der Waals surface area contributed by atoms with Gasteiger partial charge < -0.3 is 20.1 Å². The fourth-order valence-corrected chi connectivity index (χ4v) is 2.33. The van der Waals surface area contributed by atoms with E-state index >= 15 is 0 Å². The number of benzene rings is 1. The highest BCUT2D eigenvalue weighted by molar-refractivity contribution is 5.89. The van der Waals surface area contributed by atoms with Gasteiger partial charge >= 0.3 is 6.03 Å². The van der Waals surface area contributed by atoms with Crippen molar-refractivity contribution in [1.29, 1.82) is 0 Å². The third kappa shape index (κ3) is 3.49. The van der Waals surface area contributed by atoms with Crippen LogP contribution in [0.15, 0.2) is 24.3 Å². The number of aliphatic hydroxyl groups is 1. The summed E-state index contributed by atoms with van der Waals surface area (Å²) in [5.74, 6) is 0. The van der Waals surface area contributed by atoms with Crippen molar-refractivity contribution in [3.05, 3.63) is 29.8 Å². The van der Waals surface area contributed by atoms with Crippen LogP contribution in [-0.2, 0) is 4.74 Å². The van der Waals surface area contributed by atoms with Crippen LogP contribution in [0, 0.1) is 0 Å². The van der Waals surface area contributed by atoms with Gasteiger partial charge in [0, 0.05) is 12.2 Å². The molecule has 1 aliphatic heterocycles. The van der Waals surface area contributed by atoms with Crippen LogP contribution >= 0.6 is 0 Å². The van der Waals surface area contributed by atoms with Crippen molar-refractivity contribution in [3.63, 3.8) is 0 Å². The van der Waals surface area contributed by atoms with E-state index in [1.165, 1.54) is 0 Å². The molecule has 2 atom stereocenters. The van der Waals surface area contributed by atoms with Crippen LogP contribution in [0.1, 0.15) is 31.9 Å². The minimum Gasteiger partial charge on any atom is -0.389 e. The van der Waals surface area contributed by atoms with Gasteiger partial charge in [-0.05, 0) is 31.0 Å². The van der Waals surface area contributed by atoms with Crippen LogP contribution in [0.5, 0.6) is 0 Å². The summed E-state index contributed by atoms with van der Waals surface area (Å²) in [5, 5.41) is 12.5. The first-order chi connectivity index (χ1) is 9.61. The highest BCUT2D eigenvalue weighted by atomic mass is 16.5. The third-order valence-electron chi connectivity index (χ3n) is 3.58. The minimum atomic E-state index is -0.543. The van der Waals surface area contributed by atoms with Crippen LogP contribution in [0.2, 0.25) is 0 Å². The number of carbonyl (C=O) groups is 1. The maximum Gasteiger partial charge on any atom is 0.322 e. The first kappa shape index (κ1) is 14.8. The van der Waals surface area contributed by atoms with E-state index in [1.54, 1.807) is 13.0 Å². The minimum absolute atomic E-state index is 0.108. The average molecular weight is 278 g/mol. The molecule has 1 aliphatic rings. The van der Waals surface area contributed by atoms with E-state index in [0.29, 0.717) is 25.4 Å². The number of aliphatic hydroxyl groups excluding tert-OH is 1. The Morgan fingerprint density at radius 2 is 2.40 bits per heavy atom. The van der Waals surface area contributed by atoms with Gasteiger partial charge in [-0.25, -0.2) is 4.79 Å². The lowest BCUT2D eigenvalue weighted by atomic mass is 10.1. The van der Waals surface area contributed by atoms with E-state index in [0.717, 1.165) is 12.0 Å². The lowest BCUT2D eigenvalue weighted by Gasteiger charge is -2.35. The second kappa shape index (κ2) is 6.72. The average Bonchev–Trinajstić information content (AvgIpc) is 2.47. The molecule has 0 bridgehead atoms. The van der Waals surface area contributed by atoms with Crippen molar-refractivity contribution >= 4 is 11.7 Å². The van der Waals surface area contributed by atoms with Gasteiger partial charge in [-0.1, -0.05) is 19.1 Å². The lowest BCUT2D eigenvalue weighted by molar-refractivity contribution is 0.0144. The van der Waals surface area contributed by atoms with E-state index in [9.17, 15) is 9.90 Å². The van der Waals surface area contributed by atoms with E-state index in [4.69, 9.17) is 4.74 Å². The second-order valence-electron chi connectivity index (χ2n) is 5.06. The number of amides is 2. The fraction of sp³-hybridized carbons (Fsp3) is 0.533. The van der Waals surface area contributed by atoms with Crippen LogP contribution in [0.4, 0.5) is 10.5 Å². The van der Waals surface area contributed by atoms with Crippen molar-refractivity contribution in [2.24, 2.45) is 0 Å². The summed E-state index contributed by atoms with van der Waals surface area (Å²) in [6.07, 6.45) is 0.333. The van der Waals surface area contributed by atoms with Crippen molar-refractivity contribution in [2.45, 2.75) is 32.4 Å². The molecule has 2 rings (SSSR count). The van der Waals surface area contributed by atoms with Gasteiger partial charge in [-0.2, -0.15) is 0 Å². The molecule has 0 spiro atoms. The number of nitrogens with zero attached hydrogens (tertiary/aromatic N) is 1. The van der Waals surface area contributed by atoms with Gasteiger partial charge in [0.1, 0.15) is 0 Å². The molecule has 0 aromatic heterocycles. The molecule has 5 heteroatoms. The summed E-state index contributed by atoms with van der Waals surface area (Å²) < 4.78 is 5.40. The Labute approximate surface area is 119 Å². The molecule has 110 valence electrons. The number of urea groups is 1. The monoisotopic (exact) mass is 278 g/mol. The Hall–Kier alpha value is -1.59. The molecule has 2 amide bonds. The number of morpholine rings is 1. The molecule has 0 saturated carbocycles. The van der Waals surface area contributed by atoms with E-state index < -0.39 is 6.10 Å². The summed E-state index contributed by atoms with van der Waals surface area (Å²) in [7, 11) is 0. The molecule has 2 unspecified atom stereocenters. The molecule has 1 heterocycles. The number of nitrogens with one attached hydrogen (secondary N) is 1. The summed E-state index contributed by atoms with van der Waals surface area (Å²) in [6, 6.07) is 7.31. The Balaban J connectivity index is 2.05. The Bertz CT molecular complexity index is 462. The van der Waals surface area contributed by atoms with Gasteiger partial charge in [0.05, 0.1) is 25.4 Å². The molecule has 0 radical (unpaired) electrons. The molecule has 20 heavy (non-hydrogen) atoms. The number of rotatable bonds is 3. The highest BCUT2D eigenvalue weighted by Gasteiger charge is 2.25. The molecule has 0 aliphatic carbocycles. The predicted molar refractivity (Wildman–Crippen MR) is 77.7 cm³/mol. The maximum absolute atomic E-state index is 12.3. The predicted octanol–water partition coefficient (Wildman–Crippen LogP) is 2.38. The second-order valence-corrected chi connectivity index (χ2v) is 5.06. The third-order valence-corrected chi connectivity index (χ3v) is 3.58. The zero-order valence-corrected chi connectivity index (χ0v) is 12.0. The number of anilines is 1. The maximum atomic E-state index is 12.3. The zero-order chi connectivity index (χ0) is 14.5. The van der Waals surface area contributed by atoms with Crippen molar-refractivity contribution in [1.82, 2.24) is 4.90 Å². The van der Waals surface area contributed by atoms with Crippen LogP contribution in [0.3, 0.4) is 0 Å². The Morgan fingerprint density at radius 3 is 3.10 bits per heavy atom. The van der Waals surface area contributed by atoms with Gasteiger partial charge in [-0.3, -0.25) is 0 Å².